The normalized spacial score (nSPS) is 24.0. The van der Waals surface area contributed by atoms with Crippen molar-refractivity contribution >= 4 is 17.9 Å². The highest BCUT2D eigenvalue weighted by Crippen LogP contribution is 2.45. The number of aliphatic carboxylic acids is 1. The average Bonchev–Trinajstić information content (AvgIpc) is 2.97. The van der Waals surface area contributed by atoms with Crippen LogP contribution in [0.1, 0.15) is 68.8 Å². The van der Waals surface area contributed by atoms with Crippen molar-refractivity contribution in [1.29, 1.82) is 0 Å². The number of amides is 3. The van der Waals surface area contributed by atoms with Gasteiger partial charge in [-0.25, -0.2) is 4.79 Å². The Bertz CT molecular complexity index is 790. The number of benzene rings is 1. The van der Waals surface area contributed by atoms with Crippen LogP contribution in [0, 0.1) is 11.3 Å². The third-order valence-electron chi connectivity index (χ3n) is 6.71. The third kappa shape index (κ3) is 4.94. The molecule has 3 amide bonds. The van der Waals surface area contributed by atoms with E-state index in [1.807, 2.05) is 17.0 Å². The number of carbonyl (C=O) groups excluding carboxylic acids is 2. The summed E-state index contributed by atoms with van der Waals surface area (Å²) < 4.78 is 0. The Morgan fingerprint density at radius 2 is 1.83 bits per heavy atom. The lowest BCUT2D eigenvalue weighted by Crippen LogP contribution is -2.50. The molecule has 0 aromatic heterocycles. The summed E-state index contributed by atoms with van der Waals surface area (Å²) in [7, 11) is 0. The molecule has 0 radical (unpaired) electrons. The Morgan fingerprint density at radius 1 is 1.20 bits per heavy atom. The van der Waals surface area contributed by atoms with E-state index >= 15 is 0 Å². The zero-order valence-corrected chi connectivity index (χ0v) is 18.2. The third-order valence-corrected chi connectivity index (χ3v) is 6.71. The molecule has 1 spiro atoms. The lowest BCUT2D eigenvalue weighted by Gasteiger charge is -2.45. The van der Waals surface area contributed by atoms with E-state index in [0.717, 1.165) is 31.2 Å². The van der Waals surface area contributed by atoms with Crippen LogP contribution in [0.3, 0.4) is 0 Å². The molecule has 2 aliphatic rings. The van der Waals surface area contributed by atoms with Gasteiger partial charge in [0, 0.05) is 25.2 Å². The van der Waals surface area contributed by atoms with Crippen molar-refractivity contribution in [1.82, 2.24) is 15.5 Å². The Balaban J connectivity index is 1.62. The van der Waals surface area contributed by atoms with Gasteiger partial charge in [0.25, 0.3) is 5.91 Å². The van der Waals surface area contributed by atoms with E-state index in [1.165, 1.54) is 0 Å². The summed E-state index contributed by atoms with van der Waals surface area (Å²) in [5.41, 5.74) is 1.64. The largest absolute Gasteiger partial charge is 0.481 e. The van der Waals surface area contributed by atoms with Crippen LogP contribution in [-0.2, 0) is 11.3 Å². The predicted octanol–water partition coefficient (Wildman–Crippen LogP) is 3.39. The molecule has 164 valence electrons. The Kier molecular flexibility index (Phi) is 6.38. The second-order valence-electron chi connectivity index (χ2n) is 9.71. The molecule has 0 atom stereocenters. The molecule has 1 aliphatic heterocycles. The molecule has 0 bridgehead atoms. The Morgan fingerprint density at radius 3 is 2.40 bits per heavy atom. The van der Waals surface area contributed by atoms with Crippen LogP contribution in [0.25, 0.3) is 0 Å². The van der Waals surface area contributed by atoms with Crippen LogP contribution >= 0.6 is 0 Å². The van der Waals surface area contributed by atoms with Gasteiger partial charge in [0.2, 0.25) is 0 Å². The van der Waals surface area contributed by atoms with Gasteiger partial charge in [-0.2, -0.15) is 0 Å². The second-order valence-corrected chi connectivity index (χ2v) is 9.71. The number of hydrogen-bond donors (Lipinski definition) is 3. The molecule has 30 heavy (non-hydrogen) atoms. The second kappa shape index (κ2) is 8.66. The van der Waals surface area contributed by atoms with E-state index in [-0.39, 0.29) is 30.4 Å². The Hall–Kier alpha value is -2.57. The van der Waals surface area contributed by atoms with E-state index in [2.05, 4.69) is 31.4 Å². The van der Waals surface area contributed by atoms with Crippen LogP contribution in [0.4, 0.5) is 4.79 Å². The highest BCUT2D eigenvalue weighted by molar-refractivity contribution is 5.94. The highest BCUT2D eigenvalue weighted by atomic mass is 16.4. The fourth-order valence-electron chi connectivity index (χ4n) is 4.68. The number of rotatable bonds is 6. The summed E-state index contributed by atoms with van der Waals surface area (Å²) in [6.45, 7) is 8.21. The standard InChI is InChI=1S/C23H33N3O4/c1-22(2,3)18-8-11-23(12-9-18)15-25-21(30)26(23)14-16-4-6-17(7-5-16)20(29)24-13-10-19(27)28/h4-7,18H,8-15H2,1-3H3,(H,24,29)(H,25,30)(H,27,28). The lowest BCUT2D eigenvalue weighted by molar-refractivity contribution is -0.136. The maximum atomic E-state index is 12.6. The first-order valence-corrected chi connectivity index (χ1v) is 10.8. The van der Waals surface area contributed by atoms with Crippen molar-refractivity contribution in [2.45, 2.75) is 65.0 Å². The number of nitrogens with zero attached hydrogens (tertiary/aromatic N) is 1. The van der Waals surface area contributed by atoms with Gasteiger partial charge in [-0.05, 0) is 54.7 Å². The fourth-order valence-corrected chi connectivity index (χ4v) is 4.68. The van der Waals surface area contributed by atoms with Gasteiger partial charge in [0.1, 0.15) is 0 Å². The molecular formula is C23H33N3O4. The summed E-state index contributed by atoms with van der Waals surface area (Å²) in [5, 5.41) is 14.3. The average molecular weight is 416 g/mol. The Labute approximate surface area is 178 Å². The quantitative estimate of drug-likeness (QED) is 0.663. The van der Waals surface area contributed by atoms with Gasteiger partial charge in [0.15, 0.2) is 0 Å². The molecule has 0 unspecified atom stereocenters. The fraction of sp³-hybridized carbons (Fsp3) is 0.609. The SMILES string of the molecule is CC(C)(C)C1CCC2(CC1)CNC(=O)N2Cc1ccc(C(=O)NCCC(=O)O)cc1. The summed E-state index contributed by atoms with van der Waals surface area (Å²) >= 11 is 0. The minimum absolute atomic E-state index is 0.0142. The molecular weight excluding hydrogens is 382 g/mol. The van der Waals surface area contributed by atoms with Crippen molar-refractivity contribution in [2.24, 2.45) is 11.3 Å². The molecule has 7 nitrogen and oxygen atoms in total. The van der Waals surface area contributed by atoms with Gasteiger partial charge in [-0.1, -0.05) is 32.9 Å². The summed E-state index contributed by atoms with van der Waals surface area (Å²) in [6, 6.07) is 7.17. The number of nitrogens with one attached hydrogen (secondary N) is 2. The monoisotopic (exact) mass is 415 g/mol. The predicted molar refractivity (Wildman–Crippen MR) is 114 cm³/mol. The van der Waals surface area contributed by atoms with E-state index in [9.17, 15) is 14.4 Å². The number of urea groups is 1. The highest BCUT2D eigenvalue weighted by Gasteiger charge is 2.48. The molecule has 1 aromatic carbocycles. The number of carbonyl (C=O) groups is 3. The first kappa shape index (κ1) is 22.1. The van der Waals surface area contributed by atoms with E-state index in [4.69, 9.17) is 5.11 Å². The summed E-state index contributed by atoms with van der Waals surface area (Å²) in [5.74, 6) is -0.557. The maximum Gasteiger partial charge on any atom is 0.318 e. The van der Waals surface area contributed by atoms with E-state index < -0.39 is 5.97 Å². The molecule has 3 N–H and O–H groups in total. The van der Waals surface area contributed by atoms with E-state index in [1.54, 1.807) is 12.1 Å². The van der Waals surface area contributed by atoms with Crippen LogP contribution < -0.4 is 10.6 Å². The molecule has 1 aliphatic carbocycles. The minimum Gasteiger partial charge on any atom is -0.481 e. The van der Waals surface area contributed by atoms with Gasteiger partial charge in [0.05, 0.1) is 12.0 Å². The number of carboxylic acid groups (broad SMARTS) is 1. The van der Waals surface area contributed by atoms with Crippen LogP contribution in [-0.4, -0.2) is 46.5 Å². The molecule has 2 fully saturated rings. The molecule has 1 saturated carbocycles. The molecule has 1 saturated heterocycles. The van der Waals surface area contributed by atoms with Gasteiger partial charge in [-0.15, -0.1) is 0 Å². The van der Waals surface area contributed by atoms with Crippen LogP contribution in [0.2, 0.25) is 0 Å². The lowest BCUT2D eigenvalue weighted by atomic mass is 9.67. The summed E-state index contributed by atoms with van der Waals surface area (Å²) in [4.78, 5) is 37.2. The zero-order chi connectivity index (χ0) is 21.9. The van der Waals surface area contributed by atoms with Gasteiger partial charge in [-0.3, -0.25) is 9.59 Å². The molecule has 3 rings (SSSR count). The number of carboxylic acids is 1. The topological polar surface area (TPSA) is 98.7 Å². The summed E-state index contributed by atoms with van der Waals surface area (Å²) in [6.07, 6.45) is 4.18. The molecule has 7 heteroatoms. The smallest absolute Gasteiger partial charge is 0.318 e. The van der Waals surface area contributed by atoms with Crippen molar-refractivity contribution < 1.29 is 19.5 Å². The number of hydrogen-bond acceptors (Lipinski definition) is 3. The molecule has 1 heterocycles. The van der Waals surface area contributed by atoms with Crippen molar-refractivity contribution in [3.8, 4) is 0 Å². The van der Waals surface area contributed by atoms with Gasteiger partial charge >= 0.3 is 12.0 Å². The van der Waals surface area contributed by atoms with Crippen molar-refractivity contribution in [2.75, 3.05) is 13.1 Å². The van der Waals surface area contributed by atoms with Crippen LogP contribution in [0.5, 0.6) is 0 Å². The van der Waals surface area contributed by atoms with Crippen LogP contribution in [0.15, 0.2) is 24.3 Å². The first-order chi connectivity index (χ1) is 14.1. The van der Waals surface area contributed by atoms with Gasteiger partial charge < -0.3 is 20.6 Å². The first-order valence-electron chi connectivity index (χ1n) is 10.8. The van der Waals surface area contributed by atoms with Crippen molar-refractivity contribution in [3.63, 3.8) is 0 Å². The maximum absolute atomic E-state index is 12.6. The molecule has 1 aromatic rings. The van der Waals surface area contributed by atoms with E-state index in [0.29, 0.717) is 30.0 Å². The van der Waals surface area contributed by atoms with Crippen molar-refractivity contribution in [3.05, 3.63) is 35.4 Å². The minimum atomic E-state index is -0.944. The zero-order valence-electron chi connectivity index (χ0n) is 18.2.